The molecule has 1 aromatic carbocycles. The quantitative estimate of drug-likeness (QED) is 0.879. The number of hydrogen-bond acceptors (Lipinski definition) is 2. The average molecular weight is 293 g/mol. The topological polar surface area (TPSA) is 41.1 Å². The summed E-state index contributed by atoms with van der Waals surface area (Å²) in [4.78, 5) is 11.9. The van der Waals surface area contributed by atoms with E-state index in [1.54, 1.807) is 0 Å². The van der Waals surface area contributed by atoms with Crippen LogP contribution in [0.5, 0.6) is 0 Å². The molecule has 2 rings (SSSR count). The molecular weight excluding hydrogens is 278 g/mol. The van der Waals surface area contributed by atoms with Gasteiger partial charge in [0, 0.05) is 12.6 Å². The summed E-state index contributed by atoms with van der Waals surface area (Å²) in [7, 11) is 0. The Labute approximate surface area is 116 Å². The van der Waals surface area contributed by atoms with Gasteiger partial charge in [-0.05, 0) is 31.5 Å². The molecule has 1 aliphatic heterocycles. The predicted octanol–water partition coefficient (Wildman–Crippen LogP) is 2.38. The van der Waals surface area contributed by atoms with Gasteiger partial charge in [-0.2, -0.15) is 0 Å². The van der Waals surface area contributed by atoms with E-state index in [0.29, 0.717) is 0 Å². The predicted molar refractivity (Wildman–Crippen MR) is 72.0 cm³/mol. The Morgan fingerprint density at radius 2 is 2.28 bits per heavy atom. The Hall–Kier alpha value is -0.840. The van der Waals surface area contributed by atoms with Crippen LogP contribution in [0.2, 0.25) is 5.02 Å². The highest BCUT2D eigenvalue weighted by Crippen LogP contribution is 2.19. The van der Waals surface area contributed by atoms with E-state index in [1.807, 2.05) is 0 Å². The lowest BCUT2D eigenvalue weighted by atomic mass is 10.1. The van der Waals surface area contributed by atoms with Gasteiger partial charge in [0.05, 0.1) is 10.6 Å². The van der Waals surface area contributed by atoms with Crippen LogP contribution < -0.4 is 10.6 Å². The Morgan fingerprint density at radius 3 is 2.89 bits per heavy atom. The Kier molecular flexibility index (Phi) is 5.85. The van der Waals surface area contributed by atoms with Gasteiger partial charge in [-0.25, -0.2) is 4.39 Å². The summed E-state index contributed by atoms with van der Waals surface area (Å²) in [6, 6.07) is 4.28. The van der Waals surface area contributed by atoms with E-state index in [0.717, 1.165) is 25.9 Å². The number of carbonyl (C=O) groups is 1. The molecule has 0 spiro atoms. The fourth-order valence-electron chi connectivity index (χ4n) is 1.95. The lowest BCUT2D eigenvalue weighted by Gasteiger charge is -2.24. The minimum Gasteiger partial charge on any atom is -0.348 e. The normalized spacial score (nSPS) is 18.9. The van der Waals surface area contributed by atoms with E-state index < -0.39 is 11.7 Å². The van der Waals surface area contributed by atoms with Crippen molar-refractivity contribution in [3.05, 3.63) is 34.6 Å². The fraction of sp³-hybridized carbons (Fsp3) is 0.417. The van der Waals surface area contributed by atoms with E-state index in [1.165, 1.54) is 18.2 Å². The highest BCUT2D eigenvalue weighted by molar-refractivity contribution is 6.33. The molecule has 1 atom stereocenters. The molecule has 6 heteroatoms. The SMILES string of the molecule is Cl.O=C(NC1CCCNC1)c1c(F)cccc1Cl. The van der Waals surface area contributed by atoms with Crippen molar-refractivity contribution in [1.29, 1.82) is 0 Å². The summed E-state index contributed by atoms with van der Waals surface area (Å²) in [6.07, 6.45) is 1.92. The van der Waals surface area contributed by atoms with Crippen molar-refractivity contribution in [2.45, 2.75) is 18.9 Å². The molecule has 0 saturated carbocycles. The van der Waals surface area contributed by atoms with Crippen molar-refractivity contribution in [1.82, 2.24) is 10.6 Å². The molecule has 1 unspecified atom stereocenters. The van der Waals surface area contributed by atoms with Gasteiger partial charge in [0.1, 0.15) is 5.82 Å². The Morgan fingerprint density at radius 1 is 1.50 bits per heavy atom. The summed E-state index contributed by atoms with van der Waals surface area (Å²) < 4.78 is 13.5. The van der Waals surface area contributed by atoms with Crippen LogP contribution in [-0.2, 0) is 0 Å². The summed E-state index contributed by atoms with van der Waals surface area (Å²) in [5, 5.41) is 6.12. The maximum atomic E-state index is 13.5. The van der Waals surface area contributed by atoms with Gasteiger partial charge in [0.15, 0.2) is 0 Å². The van der Waals surface area contributed by atoms with Gasteiger partial charge < -0.3 is 10.6 Å². The molecule has 1 amide bonds. The van der Waals surface area contributed by atoms with Crippen molar-refractivity contribution in [3.8, 4) is 0 Å². The first-order valence-corrected chi connectivity index (χ1v) is 6.02. The van der Waals surface area contributed by atoms with Crippen molar-refractivity contribution in [2.24, 2.45) is 0 Å². The first kappa shape index (κ1) is 15.2. The number of nitrogens with one attached hydrogen (secondary N) is 2. The second-order valence-corrected chi connectivity index (χ2v) is 4.52. The number of hydrogen-bond donors (Lipinski definition) is 2. The van der Waals surface area contributed by atoms with Crippen LogP contribution in [0.25, 0.3) is 0 Å². The molecule has 0 aliphatic carbocycles. The Bertz CT molecular complexity index is 402. The van der Waals surface area contributed by atoms with E-state index in [-0.39, 0.29) is 29.0 Å². The average Bonchev–Trinajstić information content (AvgIpc) is 2.30. The zero-order valence-electron chi connectivity index (χ0n) is 9.71. The molecule has 1 aliphatic rings. The zero-order chi connectivity index (χ0) is 12.3. The highest BCUT2D eigenvalue weighted by atomic mass is 35.5. The number of rotatable bonds is 2. The molecule has 1 aromatic rings. The summed E-state index contributed by atoms with van der Waals surface area (Å²) in [6.45, 7) is 1.69. The highest BCUT2D eigenvalue weighted by Gasteiger charge is 2.20. The van der Waals surface area contributed by atoms with Crippen molar-refractivity contribution >= 4 is 29.9 Å². The summed E-state index contributed by atoms with van der Waals surface area (Å²) >= 11 is 5.83. The van der Waals surface area contributed by atoms with E-state index in [4.69, 9.17) is 11.6 Å². The van der Waals surface area contributed by atoms with Gasteiger partial charge in [-0.3, -0.25) is 4.79 Å². The van der Waals surface area contributed by atoms with Crippen molar-refractivity contribution in [3.63, 3.8) is 0 Å². The number of piperidine rings is 1. The van der Waals surface area contributed by atoms with Crippen LogP contribution in [0.15, 0.2) is 18.2 Å². The molecule has 1 saturated heterocycles. The number of halogens is 3. The van der Waals surface area contributed by atoms with Gasteiger partial charge in [0.25, 0.3) is 5.91 Å². The van der Waals surface area contributed by atoms with Crippen LogP contribution in [0, 0.1) is 5.82 Å². The van der Waals surface area contributed by atoms with E-state index in [2.05, 4.69) is 10.6 Å². The second kappa shape index (κ2) is 6.92. The molecule has 2 N–H and O–H groups in total. The molecule has 0 aromatic heterocycles. The van der Waals surface area contributed by atoms with Crippen LogP contribution in [0.1, 0.15) is 23.2 Å². The van der Waals surface area contributed by atoms with Crippen LogP contribution in [0.3, 0.4) is 0 Å². The molecule has 1 heterocycles. The van der Waals surface area contributed by atoms with Crippen LogP contribution >= 0.6 is 24.0 Å². The van der Waals surface area contributed by atoms with Crippen molar-refractivity contribution < 1.29 is 9.18 Å². The number of benzene rings is 1. The molecule has 1 fully saturated rings. The summed E-state index contributed by atoms with van der Waals surface area (Å²) in [5.74, 6) is -1.03. The zero-order valence-corrected chi connectivity index (χ0v) is 11.3. The third kappa shape index (κ3) is 3.57. The first-order valence-electron chi connectivity index (χ1n) is 5.64. The van der Waals surface area contributed by atoms with E-state index in [9.17, 15) is 9.18 Å². The van der Waals surface area contributed by atoms with E-state index >= 15 is 0 Å². The molecule has 0 bridgehead atoms. The lowest BCUT2D eigenvalue weighted by molar-refractivity contribution is 0.0927. The van der Waals surface area contributed by atoms with Crippen LogP contribution in [-0.4, -0.2) is 25.0 Å². The molecular formula is C12H15Cl2FN2O. The minimum atomic E-state index is -0.584. The smallest absolute Gasteiger partial charge is 0.256 e. The maximum absolute atomic E-state index is 13.5. The molecule has 100 valence electrons. The van der Waals surface area contributed by atoms with Crippen LogP contribution in [0.4, 0.5) is 4.39 Å². The number of amides is 1. The van der Waals surface area contributed by atoms with Gasteiger partial charge >= 0.3 is 0 Å². The third-order valence-electron chi connectivity index (χ3n) is 2.82. The van der Waals surface area contributed by atoms with Gasteiger partial charge in [-0.15, -0.1) is 12.4 Å². The van der Waals surface area contributed by atoms with Gasteiger partial charge in [0.2, 0.25) is 0 Å². The number of carbonyl (C=O) groups excluding carboxylic acids is 1. The largest absolute Gasteiger partial charge is 0.348 e. The monoisotopic (exact) mass is 292 g/mol. The molecule has 18 heavy (non-hydrogen) atoms. The summed E-state index contributed by atoms with van der Waals surface area (Å²) in [5.41, 5.74) is -0.0697. The standard InChI is InChI=1S/C12H14ClFN2O.ClH/c13-9-4-1-5-10(14)11(9)12(17)16-8-3-2-6-15-7-8;/h1,4-5,8,15H,2-3,6-7H2,(H,16,17);1H. The minimum absolute atomic E-state index is 0. The third-order valence-corrected chi connectivity index (χ3v) is 3.14. The van der Waals surface area contributed by atoms with Gasteiger partial charge in [-0.1, -0.05) is 17.7 Å². The fourth-order valence-corrected chi connectivity index (χ4v) is 2.20. The second-order valence-electron chi connectivity index (χ2n) is 4.11. The maximum Gasteiger partial charge on any atom is 0.256 e. The van der Waals surface area contributed by atoms with Crippen molar-refractivity contribution in [2.75, 3.05) is 13.1 Å². The lowest BCUT2D eigenvalue weighted by Crippen LogP contribution is -2.45. The first-order chi connectivity index (χ1) is 8.18. The molecule has 3 nitrogen and oxygen atoms in total. The Balaban J connectivity index is 0.00000162. The molecule has 0 radical (unpaired) electrons.